The molecule has 0 unspecified atom stereocenters. The zero-order valence-electron chi connectivity index (χ0n) is 8.85. The van der Waals surface area contributed by atoms with Gasteiger partial charge in [-0.1, -0.05) is 18.6 Å². The van der Waals surface area contributed by atoms with Crippen LogP contribution in [0.1, 0.15) is 32.1 Å². The minimum Gasteiger partial charge on any atom is -0.207 e. The largest absolute Gasteiger partial charge is 0.242 e. The number of sulfonamides is 1. The third-order valence-corrected chi connectivity index (χ3v) is 4.86. The van der Waals surface area contributed by atoms with Crippen LogP contribution in [0, 0.1) is 0 Å². The Morgan fingerprint density at radius 3 is 2.40 bits per heavy atom. The fourth-order valence-electron chi connectivity index (χ4n) is 2.03. The molecule has 1 saturated heterocycles. The van der Waals surface area contributed by atoms with Crippen LogP contribution in [0.15, 0.2) is 23.1 Å². The first-order chi connectivity index (χ1) is 7.21. The van der Waals surface area contributed by atoms with Crippen molar-refractivity contribution in [2.75, 3.05) is 13.1 Å². The molecule has 2 aliphatic rings. The molecule has 0 N–H and O–H groups in total. The average molecular weight is 227 g/mol. The van der Waals surface area contributed by atoms with Gasteiger partial charge < -0.3 is 0 Å². The first-order valence-corrected chi connectivity index (χ1v) is 7.02. The molecule has 84 valence electrons. The van der Waals surface area contributed by atoms with Crippen molar-refractivity contribution in [3.63, 3.8) is 0 Å². The average Bonchev–Trinajstić information content (AvgIpc) is 2.31. The van der Waals surface area contributed by atoms with Gasteiger partial charge in [0.15, 0.2) is 0 Å². The van der Waals surface area contributed by atoms with E-state index < -0.39 is 10.0 Å². The molecular weight excluding hydrogens is 210 g/mol. The quantitative estimate of drug-likeness (QED) is 0.724. The molecule has 1 aliphatic carbocycles. The molecule has 0 spiro atoms. The Labute approximate surface area is 91.5 Å². The fraction of sp³-hybridized carbons (Fsp3) is 0.636. The lowest BCUT2D eigenvalue weighted by Gasteiger charge is -2.26. The highest BCUT2D eigenvalue weighted by Gasteiger charge is 2.26. The molecule has 0 amide bonds. The summed E-state index contributed by atoms with van der Waals surface area (Å²) in [4.78, 5) is 0.496. The van der Waals surface area contributed by atoms with E-state index >= 15 is 0 Å². The highest BCUT2D eigenvalue weighted by atomic mass is 32.2. The smallest absolute Gasteiger partial charge is 0.207 e. The first kappa shape index (κ1) is 10.9. The summed E-state index contributed by atoms with van der Waals surface area (Å²) in [6.07, 6.45) is 10.5. The third-order valence-electron chi connectivity index (χ3n) is 2.91. The van der Waals surface area contributed by atoms with Crippen LogP contribution in [0.25, 0.3) is 0 Å². The number of rotatable bonds is 2. The molecule has 0 bridgehead atoms. The Morgan fingerprint density at radius 2 is 1.80 bits per heavy atom. The van der Waals surface area contributed by atoms with Gasteiger partial charge >= 0.3 is 0 Å². The van der Waals surface area contributed by atoms with E-state index in [0.29, 0.717) is 18.0 Å². The van der Waals surface area contributed by atoms with Gasteiger partial charge in [-0.05, 0) is 31.8 Å². The minimum atomic E-state index is -3.18. The van der Waals surface area contributed by atoms with Gasteiger partial charge in [-0.2, -0.15) is 4.31 Å². The van der Waals surface area contributed by atoms with Gasteiger partial charge in [0.25, 0.3) is 0 Å². The van der Waals surface area contributed by atoms with Crippen LogP contribution < -0.4 is 0 Å². The van der Waals surface area contributed by atoms with E-state index in [9.17, 15) is 8.42 Å². The van der Waals surface area contributed by atoms with Crippen molar-refractivity contribution in [1.82, 2.24) is 4.31 Å². The highest BCUT2D eigenvalue weighted by Crippen LogP contribution is 2.22. The summed E-state index contributed by atoms with van der Waals surface area (Å²) in [7, 11) is -3.18. The second kappa shape index (κ2) is 4.49. The number of piperidine rings is 1. The summed E-state index contributed by atoms with van der Waals surface area (Å²) >= 11 is 0. The zero-order chi connectivity index (χ0) is 10.7. The van der Waals surface area contributed by atoms with Crippen LogP contribution in [-0.4, -0.2) is 25.8 Å². The van der Waals surface area contributed by atoms with Gasteiger partial charge in [-0.3, -0.25) is 0 Å². The Kier molecular flexibility index (Phi) is 3.26. The highest BCUT2D eigenvalue weighted by molar-refractivity contribution is 7.93. The standard InChI is InChI=1S/C11H17NO2S/c13-15(14,11-7-3-1-4-8-11)12-9-5-2-6-10-12/h3,7-8H,1-2,4-6,9-10H2. The van der Waals surface area contributed by atoms with E-state index in [-0.39, 0.29) is 0 Å². The number of hydrogen-bond donors (Lipinski definition) is 0. The maximum absolute atomic E-state index is 12.1. The van der Waals surface area contributed by atoms with Crippen molar-refractivity contribution in [2.24, 2.45) is 0 Å². The molecule has 0 atom stereocenters. The topological polar surface area (TPSA) is 37.4 Å². The van der Waals surface area contributed by atoms with Crippen molar-refractivity contribution in [1.29, 1.82) is 0 Å². The van der Waals surface area contributed by atoms with Crippen LogP contribution in [0.3, 0.4) is 0 Å². The summed E-state index contributed by atoms with van der Waals surface area (Å²) in [6.45, 7) is 1.38. The third kappa shape index (κ3) is 2.32. The van der Waals surface area contributed by atoms with Crippen LogP contribution in [0.2, 0.25) is 0 Å². The Hall–Kier alpha value is -0.610. The number of hydrogen-bond acceptors (Lipinski definition) is 2. The van der Waals surface area contributed by atoms with Crippen LogP contribution in [0.4, 0.5) is 0 Å². The number of allylic oxidation sites excluding steroid dienone is 3. The predicted octanol–water partition coefficient (Wildman–Crippen LogP) is 2.04. The molecular formula is C11H17NO2S. The maximum Gasteiger partial charge on any atom is 0.242 e. The molecule has 1 aliphatic heterocycles. The fourth-order valence-corrected chi connectivity index (χ4v) is 3.67. The van der Waals surface area contributed by atoms with Gasteiger partial charge in [0.05, 0.1) is 4.91 Å². The second-order valence-corrected chi connectivity index (χ2v) is 5.99. The van der Waals surface area contributed by atoms with E-state index in [4.69, 9.17) is 0 Å². The van der Waals surface area contributed by atoms with Gasteiger partial charge in [0.2, 0.25) is 10.0 Å². The molecule has 0 radical (unpaired) electrons. The SMILES string of the molecule is O=S(=O)(C1=CCCC=C1)N1CCCCC1. The van der Waals surface area contributed by atoms with Crippen molar-refractivity contribution in [3.05, 3.63) is 23.1 Å². The monoisotopic (exact) mass is 227 g/mol. The molecule has 1 fully saturated rings. The Bertz CT molecular complexity index is 375. The van der Waals surface area contributed by atoms with Crippen molar-refractivity contribution in [2.45, 2.75) is 32.1 Å². The summed E-state index contributed by atoms with van der Waals surface area (Å²) < 4.78 is 25.9. The van der Waals surface area contributed by atoms with E-state index in [1.165, 1.54) is 0 Å². The molecule has 2 rings (SSSR count). The second-order valence-electron chi connectivity index (χ2n) is 4.05. The summed E-state index contributed by atoms with van der Waals surface area (Å²) in [5.41, 5.74) is 0. The molecule has 1 heterocycles. The van der Waals surface area contributed by atoms with Crippen LogP contribution in [0.5, 0.6) is 0 Å². The van der Waals surface area contributed by atoms with Gasteiger partial charge in [0, 0.05) is 13.1 Å². The zero-order valence-corrected chi connectivity index (χ0v) is 9.67. The van der Waals surface area contributed by atoms with Gasteiger partial charge in [-0.25, -0.2) is 8.42 Å². The van der Waals surface area contributed by atoms with E-state index in [0.717, 1.165) is 32.1 Å². The van der Waals surface area contributed by atoms with Gasteiger partial charge in [0.1, 0.15) is 0 Å². The van der Waals surface area contributed by atoms with E-state index in [1.54, 1.807) is 10.4 Å². The summed E-state index contributed by atoms with van der Waals surface area (Å²) in [5.74, 6) is 0. The molecule has 4 heteroatoms. The normalized spacial score (nSPS) is 23.9. The van der Waals surface area contributed by atoms with Crippen molar-refractivity contribution < 1.29 is 8.42 Å². The molecule has 0 saturated carbocycles. The minimum absolute atomic E-state index is 0.496. The first-order valence-electron chi connectivity index (χ1n) is 5.58. The van der Waals surface area contributed by atoms with Gasteiger partial charge in [-0.15, -0.1) is 0 Å². The Balaban J connectivity index is 2.18. The van der Waals surface area contributed by atoms with E-state index in [2.05, 4.69) is 0 Å². The predicted molar refractivity (Wildman–Crippen MR) is 60.8 cm³/mol. The lowest BCUT2D eigenvalue weighted by atomic mass is 10.2. The van der Waals surface area contributed by atoms with Crippen LogP contribution in [-0.2, 0) is 10.0 Å². The molecule has 3 nitrogen and oxygen atoms in total. The van der Waals surface area contributed by atoms with E-state index in [1.807, 2.05) is 12.2 Å². The lowest BCUT2D eigenvalue weighted by molar-refractivity contribution is 0.350. The maximum atomic E-state index is 12.1. The lowest BCUT2D eigenvalue weighted by Crippen LogP contribution is -2.36. The summed E-state index contributed by atoms with van der Waals surface area (Å²) in [6, 6.07) is 0. The summed E-state index contributed by atoms with van der Waals surface area (Å²) in [5, 5.41) is 0. The number of nitrogens with zero attached hydrogens (tertiary/aromatic N) is 1. The molecule has 0 aromatic carbocycles. The molecule has 15 heavy (non-hydrogen) atoms. The Morgan fingerprint density at radius 1 is 1.07 bits per heavy atom. The van der Waals surface area contributed by atoms with Crippen molar-refractivity contribution >= 4 is 10.0 Å². The van der Waals surface area contributed by atoms with Crippen LogP contribution >= 0.6 is 0 Å². The molecule has 0 aromatic rings. The van der Waals surface area contributed by atoms with Crippen molar-refractivity contribution in [3.8, 4) is 0 Å². The molecule has 0 aromatic heterocycles.